The van der Waals surface area contributed by atoms with Crippen LogP contribution in [0, 0.1) is 20.8 Å². The van der Waals surface area contributed by atoms with Crippen molar-refractivity contribution in [2.75, 3.05) is 26.2 Å². The van der Waals surface area contributed by atoms with Crippen molar-refractivity contribution in [3.05, 3.63) is 65.0 Å². The quantitative estimate of drug-likeness (QED) is 0.527. The number of nitrogens with zero attached hydrogens (tertiary/aromatic N) is 3. The third-order valence-electron chi connectivity index (χ3n) is 6.14. The average Bonchev–Trinajstić information content (AvgIpc) is 3.13. The minimum Gasteiger partial charge on any atom is -0.423 e. The van der Waals surface area contributed by atoms with Gasteiger partial charge in [0.1, 0.15) is 5.76 Å². The highest BCUT2D eigenvalue weighted by Gasteiger charge is 2.30. The van der Waals surface area contributed by atoms with Crippen LogP contribution in [0.1, 0.15) is 22.6 Å². The predicted molar refractivity (Wildman–Crippen MR) is 126 cm³/mol. The molecule has 2 aromatic carbocycles. The van der Waals surface area contributed by atoms with Crippen molar-refractivity contribution in [2.45, 2.75) is 32.2 Å². The molecule has 0 aliphatic carbocycles. The molecule has 1 aliphatic heterocycles. The fourth-order valence-electron chi connectivity index (χ4n) is 4.25. The van der Waals surface area contributed by atoms with Crippen molar-refractivity contribution in [2.24, 2.45) is 0 Å². The van der Waals surface area contributed by atoms with Crippen molar-refractivity contribution < 1.29 is 23.0 Å². The molecule has 8 nitrogen and oxygen atoms in total. The van der Waals surface area contributed by atoms with Crippen molar-refractivity contribution in [1.82, 2.24) is 14.4 Å². The molecule has 1 saturated heterocycles. The number of sulfonamides is 1. The number of hydrogen-bond donors (Lipinski definition) is 2. The SMILES string of the molecule is Cc1ccc(-c2c(C)noc2C)cc1S(=O)(=O)N1CCN(Cc2ccc(B(O)O)cc2)CC1. The summed E-state index contributed by atoms with van der Waals surface area (Å²) in [5.41, 5.74) is 4.54. The zero-order valence-electron chi connectivity index (χ0n) is 19.0. The summed E-state index contributed by atoms with van der Waals surface area (Å²) >= 11 is 0. The van der Waals surface area contributed by atoms with E-state index in [9.17, 15) is 18.5 Å². The smallest absolute Gasteiger partial charge is 0.423 e. The van der Waals surface area contributed by atoms with Gasteiger partial charge in [-0.1, -0.05) is 41.6 Å². The van der Waals surface area contributed by atoms with E-state index in [0.717, 1.165) is 22.4 Å². The third kappa shape index (κ3) is 4.90. The summed E-state index contributed by atoms with van der Waals surface area (Å²) in [6.07, 6.45) is 0. The fraction of sp³-hybridized carbons (Fsp3) is 0.348. The summed E-state index contributed by atoms with van der Waals surface area (Å²) in [5, 5.41) is 22.4. The first kappa shape index (κ1) is 23.7. The van der Waals surface area contributed by atoms with Gasteiger partial charge in [0.05, 0.1) is 10.6 Å². The van der Waals surface area contributed by atoms with Crippen LogP contribution in [0.5, 0.6) is 0 Å². The van der Waals surface area contributed by atoms with E-state index in [0.29, 0.717) is 54.4 Å². The summed E-state index contributed by atoms with van der Waals surface area (Å²) in [4.78, 5) is 2.51. The van der Waals surface area contributed by atoms with Gasteiger partial charge in [-0.25, -0.2) is 8.42 Å². The standard InChI is InChI=1S/C23H28BN3O5S/c1-16-4-7-20(23-17(2)25-32-18(23)3)14-22(16)33(30,31)27-12-10-26(11-13-27)15-19-5-8-21(9-6-19)24(28)29/h4-9,14,28-29H,10-13,15H2,1-3H3. The number of piperazine rings is 1. The predicted octanol–water partition coefficient (Wildman–Crippen LogP) is 1.45. The minimum absolute atomic E-state index is 0.312. The van der Waals surface area contributed by atoms with Gasteiger partial charge in [0.2, 0.25) is 10.0 Å². The highest BCUT2D eigenvalue weighted by Crippen LogP contribution is 2.31. The van der Waals surface area contributed by atoms with Gasteiger partial charge in [-0.3, -0.25) is 4.90 Å². The fourth-order valence-corrected chi connectivity index (χ4v) is 5.92. The zero-order chi connectivity index (χ0) is 23.8. The Balaban J connectivity index is 1.47. The first-order chi connectivity index (χ1) is 15.7. The van der Waals surface area contributed by atoms with Gasteiger partial charge in [0.15, 0.2) is 0 Å². The molecule has 33 heavy (non-hydrogen) atoms. The largest absolute Gasteiger partial charge is 0.488 e. The van der Waals surface area contributed by atoms with Crippen LogP contribution in [0.25, 0.3) is 11.1 Å². The van der Waals surface area contributed by atoms with Crippen LogP contribution in [0.2, 0.25) is 0 Å². The molecule has 0 unspecified atom stereocenters. The monoisotopic (exact) mass is 469 g/mol. The summed E-state index contributed by atoms with van der Waals surface area (Å²) in [5.74, 6) is 0.662. The van der Waals surface area contributed by atoms with Gasteiger partial charge in [-0.05, 0) is 49.0 Å². The van der Waals surface area contributed by atoms with Gasteiger partial charge < -0.3 is 14.6 Å². The first-order valence-electron chi connectivity index (χ1n) is 10.9. The molecule has 0 amide bonds. The Bertz CT molecular complexity index is 1210. The number of rotatable bonds is 6. The number of hydrogen-bond acceptors (Lipinski definition) is 7. The molecule has 1 aliphatic rings. The molecule has 3 aromatic rings. The van der Waals surface area contributed by atoms with E-state index in [-0.39, 0.29) is 0 Å². The van der Waals surface area contributed by atoms with Crippen molar-refractivity contribution >= 4 is 22.6 Å². The summed E-state index contributed by atoms with van der Waals surface area (Å²) in [7, 11) is -5.12. The average molecular weight is 469 g/mol. The lowest BCUT2D eigenvalue weighted by atomic mass is 9.80. The highest BCUT2D eigenvalue weighted by molar-refractivity contribution is 7.89. The maximum Gasteiger partial charge on any atom is 0.488 e. The molecule has 0 saturated carbocycles. The van der Waals surface area contributed by atoms with Crippen LogP contribution in [-0.2, 0) is 16.6 Å². The van der Waals surface area contributed by atoms with Gasteiger partial charge in [-0.2, -0.15) is 4.31 Å². The van der Waals surface area contributed by atoms with Crippen LogP contribution in [0.4, 0.5) is 0 Å². The van der Waals surface area contributed by atoms with Crippen LogP contribution in [0.3, 0.4) is 0 Å². The molecule has 0 atom stereocenters. The summed E-state index contributed by atoms with van der Waals surface area (Å²) in [6, 6.07) is 12.6. The molecule has 0 radical (unpaired) electrons. The Kier molecular flexibility index (Phi) is 6.74. The summed E-state index contributed by atoms with van der Waals surface area (Å²) in [6.45, 7) is 8.21. The lowest BCUT2D eigenvalue weighted by Crippen LogP contribution is -2.48. The number of aromatic nitrogens is 1. The molecule has 0 bridgehead atoms. The van der Waals surface area contributed by atoms with Crippen molar-refractivity contribution in [3.63, 3.8) is 0 Å². The van der Waals surface area contributed by atoms with E-state index in [1.807, 2.05) is 45.0 Å². The third-order valence-corrected chi connectivity index (χ3v) is 8.18. The molecular formula is C23H28BN3O5S. The van der Waals surface area contributed by atoms with Crippen LogP contribution in [0.15, 0.2) is 51.9 Å². The molecule has 2 heterocycles. The van der Waals surface area contributed by atoms with E-state index in [1.165, 1.54) is 0 Å². The minimum atomic E-state index is -3.64. The van der Waals surface area contributed by atoms with Crippen LogP contribution >= 0.6 is 0 Å². The van der Waals surface area contributed by atoms with E-state index in [2.05, 4.69) is 10.1 Å². The zero-order valence-corrected chi connectivity index (χ0v) is 19.8. The Hall–Kier alpha value is -2.50. The van der Waals surface area contributed by atoms with E-state index < -0.39 is 17.1 Å². The van der Waals surface area contributed by atoms with Crippen LogP contribution < -0.4 is 5.46 Å². The maximum atomic E-state index is 13.5. The molecule has 10 heteroatoms. The van der Waals surface area contributed by atoms with Crippen molar-refractivity contribution in [3.8, 4) is 11.1 Å². The molecule has 1 aromatic heterocycles. The van der Waals surface area contributed by atoms with Gasteiger partial charge in [0, 0.05) is 38.3 Å². The molecule has 0 spiro atoms. The Morgan fingerprint density at radius 2 is 1.67 bits per heavy atom. The molecule has 4 rings (SSSR count). The first-order valence-corrected chi connectivity index (χ1v) is 12.3. The Morgan fingerprint density at radius 3 is 2.24 bits per heavy atom. The molecular weight excluding hydrogens is 441 g/mol. The lowest BCUT2D eigenvalue weighted by molar-refractivity contribution is 0.181. The topological polar surface area (TPSA) is 107 Å². The lowest BCUT2D eigenvalue weighted by Gasteiger charge is -2.34. The van der Waals surface area contributed by atoms with Gasteiger partial charge in [-0.15, -0.1) is 0 Å². The van der Waals surface area contributed by atoms with E-state index in [1.54, 1.807) is 22.5 Å². The molecule has 1 fully saturated rings. The second kappa shape index (κ2) is 9.40. The molecule has 174 valence electrons. The number of aryl methyl sites for hydroxylation is 3. The van der Waals surface area contributed by atoms with Crippen molar-refractivity contribution in [1.29, 1.82) is 0 Å². The Morgan fingerprint density at radius 1 is 1.00 bits per heavy atom. The molecule has 2 N–H and O–H groups in total. The van der Waals surface area contributed by atoms with Gasteiger partial charge in [0.25, 0.3) is 0 Å². The highest BCUT2D eigenvalue weighted by atomic mass is 32.2. The Labute approximate surface area is 194 Å². The van der Waals surface area contributed by atoms with Crippen LogP contribution in [-0.4, -0.2) is 66.1 Å². The second-order valence-corrected chi connectivity index (χ2v) is 10.4. The normalized spacial score (nSPS) is 15.7. The maximum absolute atomic E-state index is 13.5. The van der Waals surface area contributed by atoms with Gasteiger partial charge >= 0.3 is 7.12 Å². The summed E-state index contributed by atoms with van der Waals surface area (Å²) < 4.78 is 33.8. The van der Waals surface area contributed by atoms with E-state index in [4.69, 9.17) is 4.52 Å². The van der Waals surface area contributed by atoms with E-state index >= 15 is 0 Å². The number of benzene rings is 2. The second-order valence-electron chi connectivity index (χ2n) is 8.47.